The van der Waals surface area contributed by atoms with Crippen molar-refractivity contribution in [2.75, 3.05) is 33.2 Å². The maximum Gasteiger partial charge on any atom is 0.0223 e. The van der Waals surface area contributed by atoms with Gasteiger partial charge in [0, 0.05) is 24.7 Å². The van der Waals surface area contributed by atoms with E-state index in [1.54, 1.807) is 0 Å². The van der Waals surface area contributed by atoms with Crippen molar-refractivity contribution < 1.29 is 0 Å². The number of hydrogen-bond acceptors (Lipinski definition) is 3. The first kappa shape index (κ1) is 11.9. The van der Waals surface area contributed by atoms with E-state index in [-0.39, 0.29) is 0 Å². The standard InChI is InChI=1S/C14H27N3/c1-16-13-5-6-14(16)11-17(10-7-13)9-2-8-15-12-3-4-12/h12-15H,2-11H2,1H3. The maximum atomic E-state index is 3.62. The smallest absolute Gasteiger partial charge is 0.0223 e. The summed E-state index contributed by atoms with van der Waals surface area (Å²) in [5, 5.41) is 3.62. The number of rotatable bonds is 5. The molecule has 2 heterocycles. The Balaban J connectivity index is 1.38. The molecule has 2 atom stereocenters. The molecule has 0 radical (unpaired) electrons. The molecule has 2 aliphatic heterocycles. The van der Waals surface area contributed by atoms with Crippen LogP contribution in [0.25, 0.3) is 0 Å². The Morgan fingerprint density at radius 3 is 2.71 bits per heavy atom. The first-order valence-corrected chi connectivity index (χ1v) is 7.50. The van der Waals surface area contributed by atoms with Crippen LogP contribution < -0.4 is 5.32 Å². The number of nitrogens with one attached hydrogen (secondary N) is 1. The molecule has 1 aliphatic carbocycles. The van der Waals surface area contributed by atoms with Gasteiger partial charge in [-0.05, 0) is 65.2 Å². The highest BCUT2D eigenvalue weighted by Crippen LogP contribution is 2.28. The zero-order chi connectivity index (χ0) is 11.7. The van der Waals surface area contributed by atoms with Gasteiger partial charge in [0.1, 0.15) is 0 Å². The van der Waals surface area contributed by atoms with E-state index >= 15 is 0 Å². The Morgan fingerprint density at radius 1 is 1.06 bits per heavy atom. The van der Waals surface area contributed by atoms with Crippen molar-refractivity contribution in [2.45, 2.75) is 56.7 Å². The summed E-state index contributed by atoms with van der Waals surface area (Å²) < 4.78 is 0. The van der Waals surface area contributed by atoms with Crippen LogP contribution >= 0.6 is 0 Å². The molecule has 1 saturated carbocycles. The Kier molecular flexibility index (Phi) is 3.69. The van der Waals surface area contributed by atoms with Gasteiger partial charge in [-0.1, -0.05) is 0 Å². The molecule has 2 bridgehead atoms. The van der Waals surface area contributed by atoms with Crippen LogP contribution in [-0.4, -0.2) is 61.2 Å². The molecule has 3 aliphatic rings. The molecule has 0 amide bonds. The fraction of sp³-hybridized carbons (Fsp3) is 1.00. The number of nitrogens with zero attached hydrogens (tertiary/aromatic N) is 2. The highest BCUT2D eigenvalue weighted by Gasteiger charge is 2.34. The normalized spacial score (nSPS) is 35.1. The molecule has 2 saturated heterocycles. The molecule has 3 heteroatoms. The quantitative estimate of drug-likeness (QED) is 0.727. The van der Waals surface area contributed by atoms with Crippen molar-refractivity contribution in [3.05, 3.63) is 0 Å². The number of likely N-dealkylation sites (N-methyl/N-ethyl adjacent to an activating group) is 1. The van der Waals surface area contributed by atoms with E-state index in [0.717, 1.165) is 18.1 Å². The summed E-state index contributed by atoms with van der Waals surface area (Å²) in [4.78, 5) is 5.34. The Morgan fingerprint density at radius 2 is 1.88 bits per heavy atom. The average molecular weight is 237 g/mol. The van der Waals surface area contributed by atoms with Crippen LogP contribution in [0.1, 0.15) is 38.5 Å². The molecule has 0 aromatic carbocycles. The molecule has 3 fully saturated rings. The summed E-state index contributed by atoms with van der Waals surface area (Å²) in [6, 6.07) is 2.61. The van der Waals surface area contributed by atoms with Gasteiger partial charge in [-0.15, -0.1) is 0 Å². The van der Waals surface area contributed by atoms with E-state index in [4.69, 9.17) is 0 Å². The summed E-state index contributed by atoms with van der Waals surface area (Å²) >= 11 is 0. The predicted molar refractivity (Wildman–Crippen MR) is 71.3 cm³/mol. The van der Waals surface area contributed by atoms with Gasteiger partial charge >= 0.3 is 0 Å². The lowest BCUT2D eigenvalue weighted by atomic mass is 10.1. The molecular weight excluding hydrogens is 210 g/mol. The molecular formula is C14H27N3. The topological polar surface area (TPSA) is 18.5 Å². The van der Waals surface area contributed by atoms with E-state index < -0.39 is 0 Å². The number of hydrogen-bond donors (Lipinski definition) is 1. The van der Waals surface area contributed by atoms with Crippen LogP contribution in [0.4, 0.5) is 0 Å². The zero-order valence-corrected chi connectivity index (χ0v) is 11.2. The summed E-state index contributed by atoms with van der Waals surface area (Å²) in [6.45, 7) is 5.17. The van der Waals surface area contributed by atoms with Crippen molar-refractivity contribution in [3.8, 4) is 0 Å². The maximum absolute atomic E-state index is 3.62. The van der Waals surface area contributed by atoms with Crippen molar-refractivity contribution in [1.82, 2.24) is 15.1 Å². The third-order valence-electron chi connectivity index (χ3n) is 4.89. The highest BCUT2D eigenvalue weighted by atomic mass is 15.3. The van der Waals surface area contributed by atoms with Gasteiger partial charge < -0.3 is 10.2 Å². The third kappa shape index (κ3) is 3.01. The Bertz CT molecular complexity index is 252. The fourth-order valence-electron chi connectivity index (χ4n) is 3.48. The van der Waals surface area contributed by atoms with E-state index in [1.165, 1.54) is 64.7 Å². The van der Waals surface area contributed by atoms with E-state index in [2.05, 4.69) is 22.2 Å². The van der Waals surface area contributed by atoms with Crippen molar-refractivity contribution in [1.29, 1.82) is 0 Å². The van der Waals surface area contributed by atoms with Crippen molar-refractivity contribution in [2.24, 2.45) is 0 Å². The van der Waals surface area contributed by atoms with Crippen LogP contribution in [0.3, 0.4) is 0 Å². The van der Waals surface area contributed by atoms with Crippen LogP contribution in [-0.2, 0) is 0 Å². The van der Waals surface area contributed by atoms with E-state index in [9.17, 15) is 0 Å². The van der Waals surface area contributed by atoms with E-state index in [1.807, 2.05) is 0 Å². The number of fused-ring (bicyclic) bond motifs is 2. The summed E-state index contributed by atoms with van der Waals surface area (Å²) in [6.07, 6.45) is 8.42. The van der Waals surface area contributed by atoms with E-state index in [0.29, 0.717) is 0 Å². The first-order valence-electron chi connectivity index (χ1n) is 7.50. The van der Waals surface area contributed by atoms with Gasteiger partial charge in [-0.25, -0.2) is 0 Å². The third-order valence-corrected chi connectivity index (χ3v) is 4.89. The molecule has 98 valence electrons. The molecule has 17 heavy (non-hydrogen) atoms. The van der Waals surface area contributed by atoms with Gasteiger partial charge in [-0.2, -0.15) is 0 Å². The minimum atomic E-state index is 0.846. The van der Waals surface area contributed by atoms with Crippen molar-refractivity contribution in [3.63, 3.8) is 0 Å². The van der Waals surface area contributed by atoms with Crippen molar-refractivity contribution >= 4 is 0 Å². The Labute approximate surface area is 106 Å². The molecule has 0 spiro atoms. The van der Waals surface area contributed by atoms with Gasteiger partial charge in [-0.3, -0.25) is 4.90 Å². The highest BCUT2D eigenvalue weighted by molar-refractivity contribution is 4.91. The van der Waals surface area contributed by atoms with Crippen LogP contribution in [0.15, 0.2) is 0 Å². The average Bonchev–Trinajstić information content (AvgIpc) is 3.06. The molecule has 0 aromatic rings. The SMILES string of the molecule is CN1C2CCC1CN(CCCNC1CC1)CC2. The lowest BCUT2D eigenvalue weighted by molar-refractivity contribution is 0.217. The predicted octanol–water partition coefficient (Wildman–Crippen LogP) is 1.30. The van der Waals surface area contributed by atoms with Gasteiger partial charge in [0.2, 0.25) is 0 Å². The van der Waals surface area contributed by atoms with Gasteiger partial charge in [0.25, 0.3) is 0 Å². The minimum absolute atomic E-state index is 0.846. The monoisotopic (exact) mass is 237 g/mol. The first-order chi connectivity index (χ1) is 8.33. The largest absolute Gasteiger partial charge is 0.314 e. The van der Waals surface area contributed by atoms with Crippen LogP contribution in [0, 0.1) is 0 Å². The van der Waals surface area contributed by atoms with Crippen LogP contribution in [0.5, 0.6) is 0 Å². The summed E-state index contributed by atoms with van der Waals surface area (Å²) in [5.41, 5.74) is 0. The lowest BCUT2D eigenvalue weighted by Crippen LogP contribution is -2.37. The van der Waals surface area contributed by atoms with Gasteiger partial charge in [0.15, 0.2) is 0 Å². The second-order valence-electron chi connectivity index (χ2n) is 6.22. The molecule has 0 aromatic heterocycles. The summed E-state index contributed by atoms with van der Waals surface area (Å²) in [7, 11) is 2.33. The Hall–Kier alpha value is -0.120. The van der Waals surface area contributed by atoms with Gasteiger partial charge in [0.05, 0.1) is 0 Å². The molecule has 1 N–H and O–H groups in total. The minimum Gasteiger partial charge on any atom is -0.314 e. The second-order valence-corrected chi connectivity index (χ2v) is 6.22. The second kappa shape index (κ2) is 5.25. The summed E-state index contributed by atoms with van der Waals surface area (Å²) in [5.74, 6) is 0. The molecule has 2 unspecified atom stereocenters. The fourth-order valence-corrected chi connectivity index (χ4v) is 3.48. The molecule has 3 rings (SSSR count). The molecule has 3 nitrogen and oxygen atoms in total. The van der Waals surface area contributed by atoms with Crippen LogP contribution in [0.2, 0.25) is 0 Å². The number of likely N-dealkylation sites (tertiary alicyclic amines) is 1. The lowest BCUT2D eigenvalue weighted by Gasteiger charge is -2.25. The zero-order valence-electron chi connectivity index (χ0n) is 11.2.